The van der Waals surface area contributed by atoms with Crippen molar-refractivity contribution >= 4 is 46.4 Å². The van der Waals surface area contributed by atoms with Crippen LogP contribution in [0.25, 0.3) is 0 Å². The Bertz CT molecular complexity index is 334. The third-order valence-corrected chi connectivity index (χ3v) is 2.39. The van der Waals surface area contributed by atoms with Gasteiger partial charge < -0.3 is 4.90 Å². The minimum absolute atomic E-state index is 0.0688. The third-order valence-electron chi connectivity index (χ3n) is 1.72. The molecule has 0 radical (unpaired) electrons. The van der Waals surface area contributed by atoms with Gasteiger partial charge in [-0.3, -0.25) is 4.79 Å². The molecule has 0 aromatic heterocycles. The lowest BCUT2D eigenvalue weighted by Gasteiger charge is -2.16. The second-order valence-electron chi connectivity index (χ2n) is 2.71. The molecule has 2 nitrogen and oxygen atoms in total. The van der Waals surface area contributed by atoms with Crippen LogP contribution in [0.3, 0.4) is 0 Å². The molecule has 1 amide bonds. The highest BCUT2D eigenvalue weighted by molar-refractivity contribution is 6.35. The first-order valence-corrected chi connectivity index (χ1v) is 5.12. The average molecular weight is 253 g/mol. The molecule has 5 heteroatoms. The van der Waals surface area contributed by atoms with Crippen LogP contribution in [0.2, 0.25) is 10.0 Å². The summed E-state index contributed by atoms with van der Waals surface area (Å²) in [7, 11) is 1.62. The highest BCUT2D eigenvalue weighted by Gasteiger charge is 2.10. The predicted octanol–water partition coefficient (Wildman–Crippen LogP) is 3.20. The lowest BCUT2D eigenvalue weighted by atomic mass is 10.3. The Morgan fingerprint density at radius 1 is 1.29 bits per heavy atom. The van der Waals surface area contributed by atoms with E-state index in [1.165, 1.54) is 4.90 Å². The molecule has 1 rings (SSSR count). The van der Waals surface area contributed by atoms with Gasteiger partial charge in [0.15, 0.2) is 0 Å². The minimum atomic E-state index is -0.204. The number of carbonyl (C=O) groups is 1. The number of hydrogen-bond acceptors (Lipinski definition) is 1. The molecule has 0 heterocycles. The van der Waals surface area contributed by atoms with Crippen molar-refractivity contribution in [1.82, 2.24) is 0 Å². The van der Waals surface area contributed by atoms with Gasteiger partial charge in [0.25, 0.3) is 0 Å². The second-order valence-corrected chi connectivity index (χ2v) is 3.85. The maximum absolute atomic E-state index is 11.2. The van der Waals surface area contributed by atoms with E-state index in [0.29, 0.717) is 15.7 Å². The zero-order valence-electron chi connectivity index (χ0n) is 7.43. The molecule has 0 unspecified atom stereocenters. The van der Waals surface area contributed by atoms with Gasteiger partial charge in [-0.25, -0.2) is 0 Å². The molecule has 0 saturated carbocycles. The Morgan fingerprint density at radius 3 is 2.21 bits per heavy atom. The first-order chi connectivity index (χ1) is 6.54. The molecule has 0 N–H and O–H groups in total. The third kappa shape index (κ3) is 2.77. The Balaban J connectivity index is 3.00. The van der Waals surface area contributed by atoms with Crippen molar-refractivity contribution in [2.45, 2.75) is 0 Å². The van der Waals surface area contributed by atoms with E-state index in [2.05, 4.69) is 0 Å². The van der Waals surface area contributed by atoms with Crippen LogP contribution in [-0.4, -0.2) is 18.8 Å². The Labute approximate surface area is 97.4 Å². The molecular formula is C9H8Cl3NO. The Kier molecular flexibility index (Phi) is 4.05. The molecule has 0 bridgehead atoms. The number of anilines is 1. The summed E-state index contributed by atoms with van der Waals surface area (Å²) in [6.45, 7) is 0. The van der Waals surface area contributed by atoms with Gasteiger partial charge in [0.2, 0.25) is 5.91 Å². The topological polar surface area (TPSA) is 20.3 Å². The smallest absolute Gasteiger partial charge is 0.241 e. The van der Waals surface area contributed by atoms with Crippen molar-refractivity contribution < 1.29 is 4.79 Å². The summed E-state index contributed by atoms with van der Waals surface area (Å²) in [4.78, 5) is 12.7. The van der Waals surface area contributed by atoms with E-state index in [1.807, 2.05) is 0 Å². The molecule has 0 aliphatic rings. The molecule has 0 atom stereocenters. The van der Waals surface area contributed by atoms with Crippen molar-refractivity contribution in [3.8, 4) is 0 Å². The number of carbonyl (C=O) groups excluding carboxylic acids is 1. The Morgan fingerprint density at radius 2 is 1.79 bits per heavy atom. The van der Waals surface area contributed by atoms with Crippen LogP contribution in [0.5, 0.6) is 0 Å². The fourth-order valence-electron chi connectivity index (χ4n) is 0.967. The summed E-state index contributed by atoms with van der Waals surface area (Å²) in [5, 5.41) is 0.975. The standard InChI is InChI=1S/C9H8Cl3NO/c1-13(9(14)5-10)8-3-6(11)2-7(12)4-8/h2-4H,5H2,1H3. The first kappa shape index (κ1) is 11.6. The van der Waals surface area contributed by atoms with Gasteiger partial charge in [-0.05, 0) is 18.2 Å². The summed E-state index contributed by atoms with van der Waals surface area (Å²) in [5.41, 5.74) is 0.633. The van der Waals surface area contributed by atoms with Crippen LogP contribution in [0, 0.1) is 0 Å². The maximum atomic E-state index is 11.2. The van der Waals surface area contributed by atoms with Crippen molar-refractivity contribution in [1.29, 1.82) is 0 Å². The number of amides is 1. The summed E-state index contributed by atoms with van der Waals surface area (Å²) in [6.07, 6.45) is 0. The number of hydrogen-bond donors (Lipinski definition) is 0. The van der Waals surface area contributed by atoms with Gasteiger partial charge in [-0.15, -0.1) is 11.6 Å². The molecule has 76 valence electrons. The van der Waals surface area contributed by atoms with E-state index in [0.717, 1.165) is 0 Å². The van der Waals surface area contributed by atoms with E-state index in [4.69, 9.17) is 34.8 Å². The lowest BCUT2D eigenvalue weighted by Crippen LogP contribution is -2.27. The zero-order valence-corrected chi connectivity index (χ0v) is 9.70. The molecule has 1 aromatic rings. The largest absolute Gasteiger partial charge is 0.314 e. The molecule has 0 spiro atoms. The fourth-order valence-corrected chi connectivity index (χ4v) is 1.66. The Hall–Kier alpha value is -0.440. The maximum Gasteiger partial charge on any atom is 0.241 e. The normalized spacial score (nSPS) is 10.0. The average Bonchev–Trinajstić information content (AvgIpc) is 2.14. The molecular weight excluding hydrogens is 244 g/mol. The van der Waals surface area contributed by atoms with Gasteiger partial charge in [-0.2, -0.15) is 0 Å². The van der Waals surface area contributed by atoms with Crippen LogP contribution < -0.4 is 4.90 Å². The summed E-state index contributed by atoms with van der Waals surface area (Å²) in [6, 6.07) is 4.90. The fraction of sp³-hybridized carbons (Fsp3) is 0.222. The van der Waals surface area contributed by atoms with Crippen molar-refractivity contribution in [3.63, 3.8) is 0 Å². The molecule has 0 aliphatic carbocycles. The van der Waals surface area contributed by atoms with Crippen molar-refractivity contribution in [2.75, 3.05) is 17.8 Å². The molecule has 0 aliphatic heterocycles. The number of alkyl halides is 1. The van der Waals surface area contributed by atoms with Gasteiger partial charge in [-0.1, -0.05) is 23.2 Å². The number of halogens is 3. The molecule has 0 fully saturated rings. The van der Waals surface area contributed by atoms with E-state index < -0.39 is 0 Å². The monoisotopic (exact) mass is 251 g/mol. The first-order valence-electron chi connectivity index (χ1n) is 3.83. The van der Waals surface area contributed by atoms with E-state index in [9.17, 15) is 4.79 Å². The summed E-state index contributed by atoms with van der Waals surface area (Å²) >= 11 is 17.0. The summed E-state index contributed by atoms with van der Waals surface area (Å²) < 4.78 is 0. The quantitative estimate of drug-likeness (QED) is 0.740. The van der Waals surface area contributed by atoms with Crippen LogP contribution in [0.4, 0.5) is 5.69 Å². The van der Waals surface area contributed by atoms with Crippen LogP contribution in [0.15, 0.2) is 18.2 Å². The second kappa shape index (κ2) is 4.87. The van der Waals surface area contributed by atoms with Gasteiger partial charge in [0, 0.05) is 22.8 Å². The highest BCUT2D eigenvalue weighted by atomic mass is 35.5. The molecule has 14 heavy (non-hydrogen) atoms. The van der Waals surface area contributed by atoms with Gasteiger partial charge in [0.05, 0.1) is 0 Å². The van der Waals surface area contributed by atoms with Crippen molar-refractivity contribution in [2.24, 2.45) is 0 Å². The van der Waals surface area contributed by atoms with E-state index in [-0.39, 0.29) is 11.8 Å². The highest BCUT2D eigenvalue weighted by Crippen LogP contribution is 2.24. The number of nitrogens with zero attached hydrogens (tertiary/aromatic N) is 1. The van der Waals surface area contributed by atoms with E-state index >= 15 is 0 Å². The number of rotatable bonds is 2. The lowest BCUT2D eigenvalue weighted by molar-refractivity contribution is -0.116. The zero-order chi connectivity index (χ0) is 10.7. The van der Waals surface area contributed by atoms with Gasteiger partial charge in [0.1, 0.15) is 5.88 Å². The van der Waals surface area contributed by atoms with Crippen molar-refractivity contribution in [3.05, 3.63) is 28.2 Å². The van der Waals surface area contributed by atoms with E-state index in [1.54, 1.807) is 25.2 Å². The van der Waals surface area contributed by atoms with Crippen LogP contribution in [0.1, 0.15) is 0 Å². The van der Waals surface area contributed by atoms with Crippen LogP contribution >= 0.6 is 34.8 Å². The predicted molar refractivity (Wildman–Crippen MR) is 60.6 cm³/mol. The molecule has 0 saturated heterocycles. The SMILES string of the molecule is CN(C(=O)CCl)c1cc(Cl)cc(Cl)c1. The van der Waals surface area contributed by atoms with Crippen LogP contribution in [-0.2, 0) is 4.79 Å². The number of benzene rings is 1. The van der Waals surface area contributed by atoms with Gasteiger partial charge >= 0.3 is 0 Å². The molecule has 1 aromatic carbocycles. The minimum Gasteiger partial charge on any atom is -0.314 e. The summed E-state index contributed by atoms with van der Waals surface area (Å²) in [5.74, 6) is -0.273.